The number of primary sulfonamides is 1. The highest BCUT2D eigenvalue weighted by atomic mass is 35.5. The summed E-state index contributed by atoms with van der Waals surface area (Å²) in [7, 11) is -4.22. The molecule has 1 aromatic heterocycles. The lowest BCUT2D eigenvalue weighted by Crippen LogP contribution is -2.18. The molecule has 2 aromatic carbocycles. The molecule has 0 radical (unpaired) electrons. The van der Waals surface area contributed by atoms with Crippen LogP contribution in [0.15, 0.2) is 57.8 Å². The van der Waals surface area contributed by atoms with E-state index in [-0.39, 0.29) is 27.1 Å². The van der Waals surface area contributed by atoms with E-state index >= 15 is 0 Å². The van der Waals surface area contributed by atoms with Crippen LogP contribution in [0.5, 0.6) is 0 Å². The lowest BCUT2D eigenvalue weighted by Gasteiger charge is -2.09. The zero-order valence-electron chi connectivity index (χ0n) is 14.6. The number of anilines is 1. The van der Waals surface area contributed by atoms with Gasteiger partial charge in [-0.25, -0.2) is 13.6 Å². The highest BCUT2D eigenvalue weighted by molar-refractivity contribution is 7.89. The normalized spacial score (nSPS) is 12.1. The zero-order valence-corrected chi connectivity index (χ0v) is 17.0. The first-order chi connectivity index (χ1) is 13.9. The molecule has 12 heteroatoms. The van der Waals surface area contributed by atoms with E-state index in [1.807, 2.05) is 0 Å². The second-order valence-corrected chi connectivity index (χ2v) is 8.38. The third kappa shape index (κ3) is 4.78. The molecule has 0 spiro atoms. The number of benzene rings is 2. The first-order valence-corrected chi connectivity index (χ1v) is 10.3. The molecule has 158 valence electrons. The van der Waals surface area contributed by atoms with Crippen LogP contribution in [0.2, 0.25) is 10.0 Å². The fraction of sp³-hybridized carbons (Fsp3) is 0.0556. The van der Waals surface area contributed by atoms with Gasteiger partial charge < -0.3 is 9.73 Å². The Morgan fingerprint density at radius 2 is 1.77 bits per heavy atom. The van der Waals surface area contributed by atoms with E-state index in [1.165, 1.54) is 30.3 Å². The summed E-state index contributed by atoms with van der Waals surface area (Å²) in [5.41, 5.74) is -0.702. The number of carbonyl (C=O) groups excluding carboxylic acids is 1. The molecule has 3 aromatic rings. The van der Waals surface area contributed by atoms with Crippen molar-refractivity contribution in [1.82, 2.24) is 0 Å². The minimum absolute atomic E-state index is 0.132. The van der Waals surface area contributed by atoms with E-state index < -0.39 is 38.3 Å². The fourth-order valence-corrected chi connectivity index (χ4v) is 3.81. The van der Waals surface area contributed by atoms with Crippen LogP contribution in [-0.4, -0.2) is 14.3 Å². The van der Waals surface area contributed by atoms with E-state index in [0.29, 0.717) is 0 Å². The van der Waals surface area contributed by atoms with Crippen LogP contribution >= 0.6 is 23.2 Å². The Morgan fingerprint density at radius 3 is 2.37 bits per heavy atom. The van der Waals surface area contributed by atoms with Gasteiger partial charge >= 0.3 is 6.18 Å². The first-order valence-electron chi connectivity index (χ1n) is 7.97. The largest absolute Gasteiger partial charge is 0.451 e. The molecule has 6 nitrogen and oxygen atoms in total. The molecule has 0 bridgehead atoms. The molecule has 30 heavy (non-hydrogen) atoms. The summed E-state index contributed by atoms with van der Waals surface area (Å²) in [5.74, 6) is -2.92. The lowest BCUT2D eigenvalue weighted by molar-refractivity contribution is -0.153. The van der Waals surface area contributed by atoms with Gasteiger partial charge in [-0.2, -0.15) is 13.2 Å². The number of nitrogens with one attached hydrogen (secondary N) is 1. The van der Waals surface area contributed by atoms with Crippen molar-refractivity contribution in [3.8, 4) is 11.3 Å². The van der Waals surface area contributed by atoms with Crippen molar-refractivity contribution in [2.75, 3.05) is 5.32 Å². The Balaban J connectivity index is 2.02. The number of nitrogens with two attached hydrogens (primary N) is 1. The van der Waals surface area contributed by atoms with E-state index in [4.69, 9.17) is 32.8 Å². The van der Waals surface area contributed by atoms with Gasteiger partial charge in [-0.05, 0) is 36.4 Å². The van der Waals surface area contributed by atoms with Crippen LogP contribution in [0, 0.1) is 0 Å². The van der Waals surface area contributed by atoms with Crippen molar-refractivity contribution in [2.24, 2.45) is 5.14 Å². The summed E-state index contributed by atoms with van der Waals surface area (Å²) in [6.07, 6.45) is -4.96. The minimum atomic E-state index is -4.96. The lowest BCUT2D eigenvalue weighted by atomic mass is 10.1. The van der Waals surface area contributed by atoms with Gasteiger partial charge in [0.05, 0.1) is 10.6 Å². The third-order valence-electron chi connectivity index (χ3n) is 3.84. The molecule has 0 atom stereocenters. The number of halogens is 5. The molecule has 0 fully saturated rings. The van der Waals surface area contributed by atoms with Gasteiger partial charge in [0.25, 0.3) is 5.91 Å². The average molecular weight is 479 g/mol. The Hall–Kier alpha value is -2.53. The van der Waals surface area contributed by atoms with Crippen molar-refractivity contribution in [3.63, 3.8) is 0 Å². The highest BCUT2D eigenvalue weighted by Crippen LogP contribution is 2.38. The number of alkyl halides is 3. The van der Waals surface area contributed by atoms with Gasteiger partial charge in [0.2, 0.25) is 15.8 Å². The maximum absolute atomic E-state index is 13.4. The van der Waals surface area contributed by atoms with Crippen molar-refractivity contribution in [1.29, 1.82) is 0 Å². The Bertz CT molecular complexity index is 1240. The van der Waals surface area contributed by atoms with Gasteiger partial charge in [-0.15, -0.1) is 0 Å². The maximum atomic E-state index is 13.4. The smallest absolute Gasteiger partial charge is 0.450 e. The fourth-order valence-electron chi connectivity index (χ4n) is 2.55. The topological polar surface area (TPSA) is 102 Å². The standard InChI is InChI=1S/C18H11Cl2F3N2O4S/c19-10-3-1-2-9(6-10)14-8-12(16(29-14)18(21,22)23)17(26)25-11-4-5-13(20)15(7-11)30(24,27)28/h1-8H,(H,25,26)(H2,24,27,28). The molecule has 0 aliphatic carbocycles. The summed E-state index contributed by atoms with van der Waals surface area (Å²) in [4.78, 5) is 12.0. The van der Waals surface area contributed by atoms with Gasteiger partial charge in [-0.3, -0.25) is 4.79 Å². The van der Waals surface area contributed by atoms with Gasteiger partial charge in [0.1, 0.15) is 10.7 Å². The molecule has 0 unspecified atom stereocenters. The van der Waals surface area contributed by atoms with E-state index in [0.717, 1.165) is 18.2 Å². The molecule has 3 N–H and O–H groups in total. The van der Waals surface area contributed by atoms with E-state index in [1.54, 1.807) is 0 Å². The monoisotopic (exact) mass is 478 g/mol. The van der Waals surface area contributed by atoms with E-state index in [2.05, 4.69) is 5.32 Å². The number of carbonyl (C=O) groups is 1. The minimum Gasteiger partial charge on any atom is -0.451 e. The van der Waals surface area contributed by atoms with Gasteiger partial charge in [0, 0.05) is 16.3 Å². The molecule has 3 rings (SSSR count). The first kappa shape index (κ1) is 22.2. The van der Waals surface area contributed by atoms with Crippen LogP contribution in [0.1, 0.15) is 16.1 Å². The molecule has 0 aliphatic heterocycles. The van der Waals surface area contributed by atoms with Gasteiger partial charge in [0.15, 0.2) is 0 Å². The molecular formula is C18H11Cl2F3N2O4S. The molecule has 0 aliphatic rings. The summed E-state index contributed by atoms with van der Waals surface area (Å²) in [6, 6.07) is 10.1. The summed E-state index contributed by atoms with van der Waals surface area (Å²) in [6.45, 7) is 0. The predicted octanol–water partition coefficient (Wildman–Crippen LogP) is 5.17. The number of amides is 1. The van der Waals surface area contributed by atoms with Crippen LogP contribution in [-0.2, 0) is 16.2 Å². The van der Waals surface area contributed by atoms with Crippen LogP contribution < -0.4 is 10.5 Å². The highest BCUT2D eigenvalue weighted by Gasteiger charge is 2.40. The summed E-state index contributed by atoms with van der Waals surface area (Å²) < 4.78 is 68.2. The number of furan rings is 1. The second-order valence-electron chi connectivity index (χ2n) is 6.01. The van der Waals surface area contributed by atoms with Crippen LogP contribution in [0.25, 0.3) is 11.3 Å². The van der Waals surface area contributed by atoms with Crippen molar-refractivity contribution in [3.05, 3.63) is 69.9 Å². The SMILES string of the molecule is NS(=O)(=O)c1cc(NC(=O)c2cc(-c3cccc(Cl)c3)oc2C(F)(F)F)ccc1Cl. The zero-order chi connectivity index (χ0) is 22.3. The predicted molar refractivity (Wildman–Crippen MR) is 105 cm³/mol. The molecule has 0 saturated heterocycles. The van der Waals surface area contributed by atoms with Crippen molar-refractivity contribution >= 4 is 44.8 Å². The third-order valence-corrected chi connectivity index (χ3v) is 5.47. The van der Waals surface area contributed by atoms with E-state index in [9.17, 15) is 26.4 Å². The van der Waals surface area contributed by atoms with Crippen molar-refractivity contribution < 1.29 is 30.8 Å². The second kappa shape index (κ2) is 7.95. The Labute approximate surface area is 178 Å². The van der Waals surface area contributed by atoms with Gasteiger partial charge in [-0.1, -0.05) is 35.3 Å². The van der Waals surface area contributed by atoms with Crippen LogP contribution in [0.4, 0.5) is 18.9 Å². The summed E-state index contributed by atoms with van der Waals surface area (Å²) in [5, 5.41) is 7.27. The number of hydrogen-bond acceptors (Lipinski definition) is 4. The maximum Gasteiger partial charge on any atom is 0.450 e. The molecule has 1 amide bonds. The molecule has 1 heterocycles. The quantitative estimate of drug-likeness (QED) is 0.539. The summed E-state index contributed by atoms with van der Waals surface area (Å²) >= 11 is 11.6. The Kier molecular flexibility index (Phi) is 5.87. The Morgan fingerprint density at radius 1 is 1.07 bits per heavy atom. The number of sulfonamides is 1. The number of rotatable bonds is 4. The molecule has 0 saturated carbocycles. The molecular weight excluding hydrogens is 468 g/mol. The average Bonchev–Trinajstić information content (AvgIpc) is 3.08. The van der Waals surface area contributed by atoms with Crippen molar-refractivity contribution in [2.45, 2.75) is 11.1 Å². The number of hydrogen-bond donors (Lipinski definition) is 2. The van der Waals surface area contributed by atoms with Crippen LogP contribution in [0.3, 0.4) is 0 Å².